The smallest absolute Gasteiger partial charge is 0.336 e. The van der Waals surface area contributed by atoms with Crippen molar-refractivity contribution in [2.45, 2.75) is 18.5 Å². The lowest BCUT2D eigenvalue weighted by Gasteiger charge is -2.29. The number of pyridine rings is 1. The number of furan rings is 1. The third kappa shape index (κ3) is 5.07. The Bertz CT molecular complexity index is 1180. The molecule has 35 heavy (non-hydrogen) atoms. The monoisotopic (exact) mass is 492 g/mol. The van der Waals surface area contributed by atoms with Gasteiger partial charge in [0, 0.05) is 37.9 Å². The van der Waals surface area contributed by atoms with E-state index in [-0.39, 0.29) is 17.6 Å². The van der Waals surface area contributed by atoms with Crippen molar-refractivity contribution in [1.29, 1.82) is 0 Å². The van der Waals surface area contributed by atoms with Crippen LogP contribution in [-0.4, -0.2) is 70.4 Å². The molecule has 3 aromatic rings. The van der Waals surface area contributed by atoms with E-state index >= 15 is 0 Å². The van der Waals surface area contributed by atoms with Crippen molar-refractivity contribution in [2.24, 2.45) is 0 Å². The fraction of sp³-hybridized carbons (Fsp3) is 0.346. The molecule has 1 aromatic carbocycles. The van der Waals surface area contributed by atoms with E-state index in [4.69, 9.17) is 21.4 Å². The van der Waals surface area contributed by atoms with Gasteiger partial charge in [-0.1, -0.05) is 24.3 Å². The largest absolute Gasteiger partial charge is 0.478 e. The van der Waals surface area contributed by atoms with E-state index in [1.165, 1.54) is 0 Å². The zero-order valence-electron chi connectivity index (χ0n) is 19.3. The van der Waals surface area contributed by atoms with Crippen LogP contribution in [0.15, 0.2) is 65.2 Å². The van der Waals surface area contributed by atoms with Gasteiger partial charge in [0.05, 0.1) is 30.5 Å². The first-order chi connectivity index (χ1) is 17.1. The third-order valence-corrected chi connectivity index (χ3v) is 6.87. The first-order valence-electron chi connectivity index (χ1n) is 11.8. The number of hydrogen-bond donors (Lipinski definition) is 2. The number of carboxylic acid groups (broad SMARTS) is 1. The molecule has 8 nitrogen and oxygen atoms in total. The number of hydrogen-bond acceptors (Lipinski definition) is 6. The highest BCUT2D eigenvalue weighted by Gasteiger charge is 2.41. The normalized spacial score (nSPS) is 20.7. The number of aromatic nitrogens is 1. The third-order valence-electron chi connectivity index (χ3n) is 6.52. The van der Waals surface area contributed by atoms with E-state index in [1.54, 1.807) is 24.4 Å². The molecular formula is C26H28N4O4S. The predicted octanol–water partition coefficient (Wildman–Crippen LogP) is 3.73. The standard InChI is InChI=1S/C26H28N4O4S/c31-25(32)19-7-2-1-6-18(19)21-9-10-22(34-21)24-23(20-8-3-4-11-27-20)28-26(35)30(24)13-5-12-29-14-16-33-17-15-29/h1-4,6-11,23-24H,5,12-17H2,(H,28,35)(H,31,32)/t23-,24-/m1/s1. The van der Waals surface area contributed by atoms with Crippen LogP contribution in [0.25, 0.3) is 11.3 Å². The van der Waals surface area contributed by atoms with Crippen LogP contribution in [0, 0.1) is 0 Å². The van der Waals surface area contributed by atoms with E-state index in [9.17, 15) is 9.90 Å². The summed E-state index contributed by atoms with van der Waals surface area (Å²) in [6.45, 7) is 5.19. The molecule has 0 unspecified atom stereocenters. The fourth-order valence-corrected chi connectivity index (χ4v) is 5.12. The number of aromatic carboxylic acids is 1. The molecule has 2 atom stereocenters. The van der Waals surface area contributed by atoms with Gasteiger partial charge < -0.3 is 24.5 Å². The molecule has 2 aliphatic rings. The Morgan fingerprint density at radius 1 is 1.09 bits per heavy atom. The highest BCUT2D eigenvalue weighted by atomic mass is 32.1. The molecule has 0 spiro atoms. The summed E-state index contributed by atoms with van der Waals surface area (Å²) in [5, 5.41) is 13.7. The Labute approximate surface area is 209 Å². The molecular weight excluding hydrogens is 464 g/mol. The van der Waals surface area contributed by atoms with Gasteiger partial charge >= 0.3 is 5.97 Å². The molecule has 0 saturated carbocycles. The number of carboxylic acids is 1. The van der Waals surface area contributed by atoms with Gasteiger partial charge in [-0.05, 0) is 49.0 Å². The summed E-state index contributed by atoms with van der Waals surface area (Å²) in [5.41, 5.74) is 1.63. The summed E-state index contributed by atoms with van der Waals surface area (Å²) in [6, 6.07) is 16.1. The van der Waals surface area contributed by atoms with Crippen LogP contribution >= 0.6 is 12.2 Å². The summed E-state index contributed by atoms with van der Waals surface area (Å²) in [7, 11) is 0. The molecule has 0 amide bonds. The number of rotatable bonds is 8. The van der Waals surface area contributed by atoms with Crippen LogP contribution in [0.5, 0.6) is 0 Å². The minimum Gasteiger partial charge on any atom is -0.478 e. The molecule has 2 fully saturated rings. The lowest BCUT2D eigenvalue weighted by Crippen LogP contribution is -2.38. The number of nitrogens with one attached hydrogen (secondary N) is 1. The van der Waals surface area contributed by atoms with E-state index in [0.717, 1.165) is 57.3 Å². The Kier molecular flexibility index (Phi) is 7.08. The maximum atomic E-state index is 11.7. The van der Waals surface area contributed by atoms with Gasteiger partial charge in [0.15, 0.2) is 5.11 Å². The first kappa shape index (κ1) is 23.5. The van der Waals surface area contributed by atoms with Crippen molar-refractivity contribution in [1.82, 2.24) is 20.1 Å². The molecule has 2 aliphatic heterocycles. The van der Waals surface area contributed by atoms with Gasteiger partial charge in [-0.2, -0.15) is 0 Å². The molecule has 0 radical (unpaired) electrons. The van der Waals surface area contributed by atoms with E-state index in [2.05, 4.69) is 20.1 Å². The van der Waals surface area contributed by atoms with Crippen molar-refractivity contribution >= 4 is 23.3 Å². The van der Waals surface area contributed by atoms with Crippen LogP contribution in [0.3, 0.4) is 0 Å². The summed E-state index contributed by atoms with van der Waals surface area (Å²) in [4.78, 5) is 20.9. The Hall–Kier alpha value is -3.27. The minimum absolute atomic E-state index is 0.180. The zero-order chi connectivity index (χ0) is 24.2. The maximum absolute atomic E-state index is 11.7. The van der Waals surface area contributed by atoms with Crippen molar-refractivity contribution in [3.05, 3.63) is 77.8 Å². The quantitative estimate of drug-likeness (QED) is 0.456. The van der Waals surface area contributed by atoms with Crippen LogP contribution in [0.4, 0.5) is 0 Å². The van der Waals surface area contributed by atoms with E-state index in [1.807, 2.05) is 36.4 Å². The highest BCUT2D eigenvalue weighted by molar-refractivity contribution is 7.80. The number of nitrogens with zero attached hydrogens (tertiary/aromatic N) is 3. The summed E-state index contributed by atoms with van der Waals surface area (Å²) >= 11 is 5.75. The fourth-order valence-electron chi connectivity index (χ4n) is 4.79. The first-order valence-corrected chi connectivity index (χ1v) is 12.2. The molecule has 4 heterocycles. The van der Waals surface area contributed by atoms with Crippen LogP contribution < -0.4 is 5.32 Å². The van der Waals surface area contributed by atoms with E-state index in [0.29, 0.717) is 16.4 Å². The number of morpholine rings is 1. The predicted molar refractivity (Wildman–Crippen MR) is 135 cm³/mol. The molecule has 0 bridgehead atoms. The minimum atomic E-state index is -0.988. The van der Waals surface area contributed by atoms with Gasteiger partial charge in [-0.15, -0.1) is 0 Å². The Morgan fingerprint density at radius 2 is 1.89 bits per heavy atom. The average Bonchev–Trinajstić information content (AvgIpc) is 3.50. The van der Waals surface area contributed by atoms with Crippen molar-refractivity contribution in [3.8, 4) is 11.3 Å². The van der Waals surface area contributed by atoms with Crippen LogP contribution in [-0.2, 0) is 4.74 Å². The van der Waals surface area contributed by atoms with Crippen molar-refractivity contribution < 1.29 is 19.1 Å². The zero-order valence-corrected chi connectivity index (χ0v) is 20.1. The van der Waals surface area contributed by atoms with E-state index < -0.39 is 5.97 Å². The molecule has 2 saturated heterocycles. The van der Waals surface area contributed by atoms with Gasteiger partial charge in [0.1, 0.15) is 17.6 Å². The molecule has 5 rings (SSSR count). The Balaban J connectivity index is 1.42. The second-order valence-corrected chi connectivity index (χ2v) is 9.07. The van der Waals surface area contributed by atoms with Crippen LogP contribution in [0.1, 0.15) is 40.3 Å². The lowest BCUT2D eigenvalue weighted by atomic mass is 10.0. The van der Waals surface area contributed by atoms with Crippen molar-refractivity contribution in [3.63, 3.8) is 0 Å². The van der Waals surface area contributed by atoms with Crippen molar-refractivity contribution in [2.75, 3.05) is 39.4 Å². The lowest BCUT2D eigenvalue weighted by molar-refractivity contribution is 0.0365. The number of carbonyl (C=O) groups is 1. The van der Waals surface area contributed by atoms with Gasteiger partial charge in [0.25, 0.3) is 0 Å². The Morgan fingerprint density at radius 3 is 2.66 bits per heavy atom. The number of thiocarbonyl (C=S) groups is 1. The molecule has 9 heteroatoms. The topological polar surface area (TPSA) is 91.1 Å². The van der Waals surface area contributed by atoms with Gasteiger partial charge in [-0.3, -0.25) is 9.88 Å². The average molecular weight is 493 g/mol. The summed E-state index contributed by atoms with van der Waals surface area (Å²) < 4.78 is 11.8. The van der Waals surface area contributed by atoms with Gasteiger partial charge in [0.2, 0.25) is 0 Å². The molecule has 2 aromatic heterocycles. The number of ether oxygens (including phenoxy) is 1. The molecule has 182 valence electrons. The second kappa shape index (κ2) is 10.6. The summed E-state index contributed by atoms with van der Waals surface area (Å²) in [6.07, 6.45) is 2.72. The SMILES string of the molecule is O=C(O)c1ccccc1-c1ccc([C@@H]2[C@@H](c3ccccn3)NC(=S)N2CCCN2CCOCC2)o1. The second-order valence-electron chi connectivity index (χ2n) is 8.68. The highest BCUT2D eigenvalue weighted by Crippen LogP contribution is 2.40. The summed E-state index contributed by atoms with van der Waals surface area (Å²) in [5.74, 6) is 0.247. The number of benzene rings is 1. The van der Waals surface area contributed by atoms with Gasteiger partial charge in [-0.25, -0.2) is 4.79 Å². The van der Waals surface area contributed by atoms with Crippen LogP contribution in [0.2, 0.25) is 0 Å². The maximum Gasteiger partial charge on any atom is 0.336 e. The molecule has 0 aliphatic carbocycles. The molecule has 2 N–H and O–H groups in total.